The van der Waals surface area contributed by atoms with Gasteiger partial charge in [0.05, 0.1) is 32.6 Å². The Balaban J connectivity index is 1.31. The molecule has 13 nitrogen and oxygen atoms in total. The Hall–Kier alpha value is -5.08. The molecule has 2 aromatic carbocycles. The second-order valence-corrected chi connectivity index (χ2v) is 12.1. The minimum absolute atomic E-state index is 0.0449. The lowest BCUT2D eigenvalue weighted by Crippen LogP contribution is -2.46. The Morgan fingerprint density at radius 3 is 2.52 bits per heavy atom. The molecular formula is C32H32N8O5S. The summed E-state index contributed by atoms with van der Waals surface area (Å²) in [5.41, 5.74) is 1.67. The van der Waals surface area contributed by atoms with Crippen molar-refractivity contribution in [1.29, 1.82) is 0 Å². The van der Waals surface area contributed by atoms with Gasteiger partial charge < -0.3 is 24.8 Å². The van der Waals surface area contributed by atoms with Gasteiger partial charge in [0, 0.05) is 82.6 Å². The van der Waals surface area contributed by atoms with Crippen LogP contribution in [-0.2, 0) is 4.74 Å². The zero-order chi connectivity index (χ0) is 31.8. The standard InChI is InChI=1S/C32H32N8O5S/c1-2-45-31(42)23-20-39(29-17-21(7-8-34-29)36-11-9-33-10-12-36)25-19-26(27(40(43)44)18-22(25)30(23)41)37-13-15-38(16-14-37)32-35-24-5-3-4-6-28(24)46-32/h3-8,17-20,33H,2,9-16H2,1H3. The Morgan fingerprint density at radius 1 is 1.02 bits per heavy atom. The van der Waals surface area contributed by atoms with Crippen molar-refractivity contribution in [2.75, 3.05) is 73.7 Å². The molecule has 2 fully saturated rings. The highest BCUT2D eigenvalue weighted by molar-refractivity contribution is 7.22. The number of hydrogen-bond donors (Lipinski definition) is 1. The number of nitrogens with zero attached hydrogens (tertiary/aromatic N) is 7. The molecule has 3 aromatic heterocycles. The number of esters is 1. The highest BCUT2D eigenvalue weighted by Crippen LogP contribution is 2.35. The molecule has 0 saturated carbocycles. The van der Waals surface area contributed by atoms with Crippen molar-refractivity contribution in [2.24, 2.45) is 0 Å². The van der Waals surface area contributed by atoms with E-state index >= 15 is 0 Å². The lowest BCUT2D eigenvalue weighted by molar-refractivity contribution is -0.384. The number of nitrogens with one attached hydrogen (secondary N) is 1. The van der Waals surface area contributed by atoms with E-state index in [-0.39, 0.29) is 23.2 Å². The molecule has 7 rings (SSSR count). The summed E-state index contributed by atoms with van der Waals surface area (Å²) in [6.07, 6.45) is 3.13. The number of carbonyl (C=O) groups is 1. The van der Waals surface area contributed by atoms with Gasteiger partial charge in [-0.05, 0) is 31.2 Å². The topological polar surface area (TPSA) is 139 Å². The van der Waals surface area contributed by atoms with Crippen LogP contribution < -0.4 is 25.4 Å². The summed E-state index contributed by atoms with van der Waals surface area (Å²) < 4.78 is 7.97. The van der Waals surface area contributed by atoms with E-state index in [0.717, 1.165) is 47.2 Å². The Morgan fingerprint density at radius 2 is 1.78 bits per heavy atom. The molecule has 14 heteroatoms. The Labute approximate surface area is 267 Å². The largest absolute Gasteiger partial charge is 0.462 e. The minimum atomic E-state index is -0.792. The number of fused-ring (bicyclic) bond motifs is 2. The van der Waals surface area contributed by atoms with E-state index in [4.69, 9.17) is 9.72 Å². The summed E-state index contributed by atoms with van der Waals surface area (Å²) in [6, 6.07) is 14.8. The molecule has 2 aliphatic rings. The first-order valence-electron chi connectivity index (χ1n) is 15.2. The third-order valence-electron chi connectivity index (χ3n) is 8.42. The zero-order valence-corrected chi connectivity index (χ0v) is 26.0. The van der Waals surface area contributed by atoms with Crippen molar-refractivity contribution in [3.8, 4) is 5.82 Å². The molecule has 236 valence electrons. The maximum atomic E-state index is 13.7. The third-order valence-corrected chi connectivity index (χ3v) is 9.52. The fourth-order valence-electron chi connectivity index (χ4n) is 6.09. The summed E-state index contributed by atoms with van der Waals surface area (Å²) in [6.45, 7) is 7.36. The quantitative estimate of drug-likeness (QED) is 0.158. The summed E-state index contributed by atoms with van der Waals surface area (Å²) in [4.78, 5) is 54.3. The number of anilines is 3. The van der Waals surface area contributed by atoms with E-state index in [0.29, 0.717) is 43.2 Å². The lowest BCUT2D eigenvalue weighted by atomic mass is 10.1. The summed E-state index contributed by atoms with van der Waals surface area (Å²) in [7, 11) is 0. The van der Waals surface area contributed by atoms with Crippen LogP contribution in [0.4, 0.5) is 22.2 Å². The zero-order valence-electron chi connectivity index (χ0n) is 25.2. The van der Waals surface area contributed by atoms with Crippen molar-refractivity contribution >= 4 is 60.6 Å². The molecule has 2 aliphatic heterocycles. The van der Waals surface area contributed by atoms with Crippen LogP contribution in [0.25, 0.3) is 26.9 Å². The van der Waals surface area contributed by atoms with Gasteiger partial charge in [0.2, 0.25) is 5.43 Å². The molecule has 2 saturated heterocycles. The smallest absolute Gasteiger partial charge is 0.343 e. The van der Waals surface area contributed by atoms with Crippen LogP contribution in [0.3, 0.4) is 0 Å². The first kappa shape index (κ1) is 29.6. The number of carbonyl (C=O) groups excluding carboxylic acids is 1. The van der Waals surface area contributed by atoms with Gasteiger partial charge in [-0.1, -0.05) is 23.5 Å². The number of rotatable bonds is 7. The van der Waals surface area contributed by atoms with Crippen LogP contribution in [0.5, 0.6) is 0 Å². The van der Waals surface area contributed by atoms with E-state index in [1.165, 1.54) is 12.3 Å². The van der Waals surface area contributed by atoms with E-state index in [1.807, 2.05) is 41.3 Å². The van der Waals surface area contributed by atoms with Gasteiger partial charge in [-0.25, -0.2) is 14.8 Å². The molecule has 5 aromatic rings. The molecule has 0 atom stereocenters. The van der Waals surface area contributed by atoms with Crippen molar-refractivity contribution in [3.63, 3.8) is 0 Å². The minimum Gasteiger partial charge on any atom is -0.462 e. The molecule has 0 radical (unpaired) electrons. The summed E-state index contributed by atoms with van der Waals surface area (Å²) >= 11 is 1.63. The average molecular weight is 641 g/mol. The molecule has 5 heterocycles. The van der Waals surface area contributed by atoms with E-state index in [2.05, 4.69) is 20.1 Å². The Kier molecular flexibility index (Phi) is 7.96. The molecular weight excluding hydrogens is 608 g/mol. The molecule has 46 heavy (non-hydrogen) atoms. The fourth-order valence-corrected chi connectivity index (χ4v) is 7.10. The maximum absolute atomic E-state index is 13.7. The third kappa shape index (κ3) is 5.49. The van der Waals surface area contributed by atoms with Gasteiger partial charge in [-0.2, -0.15) is 0 Å². The van der Waals surface area contributed by atoms with E-state index in [9.17, 15) is 19.7 Å². The van der Waals surface area contributed by atoms with E-state index < -0.39 is 16.3 Å². The molecule has 0 amide bonds. The van der Waals surface area contributed by atoms with Gasteiger partial charge in [0.1, 0.15) is 17.1 Å². The monoisotopic (exact) mass is 640 g/mol. The van der Waals surface area contributed by atoms with E-state index in [1.54, 1.807) is 35.1 Å². The van der Waals surface area contributed by atoms with Crippen LogP contribution in [-0.4, -0.2) is 84.4 Å². The highest BCUT2D eigenvalue weighted by Gasteiger charge is 2.28. The summed E-state index contributed by atoms with van der Waals surface area (Å²) in [5.74, 6) is -0.314. The van der Waals surface area contributed by atoms with Gasteiger partial charge in [-0.15, -0.1) is 0 Å². The molecule has 0 spiro atoms. The number of pyridine rings is 2. The highest BCUT2D eigenvalue weighted by atomic mass is 32.1. The SMILES string of the molecule is CCOC(=O)c1cn(-c2cc(N3CCNCC3)ccn2)c2cc(N3CCN(c4nc5ccccc5s4)CC3)c([N+](=O)[O-])cc2c1=O. The predicted molar refractivity (Wildman–Crippen MR) is 179 cm³/mol. The number of hydrogen-bond acceptors (Lipinski definition) is 12. The number of para-hydroxylation sites is 1. The van der Waals surface area contributed by atoms with Crippen LogP contribution in [0.15, 0.2) is 65.7 Å². The molecule has 1 N–H and O–H groups in total. The van der Waals surface area contributed by atoms with Crippen molar-refractivity contribution in [1.82, 2.24) is 19.9 Å². The predicted octanol–water partition coefficient (Wildman–Crippen LogP) is 3.82. The maximum Gasteiger partial charge on any atom is 0.343 e. The first-order chi connectivity index (χ1) is 22.4. The second-order valence-electron chi connectivity index (χ2n) is 11.1. The lowest BCUT2D eigenvalue weighted by Gasteiger charge is -2.35. The number of ether oxygens (including phenoxy) is 1. The Bertz CT molecular complexity index is 1980. The van der Waals surface area contributed by atoms with Crippen LogP contribution in [0.1, 0.15) is 17.3 Å². The van der Waals surface area contributed by atoms with Crippen LogP contribution >= 0.6 is 11.3 Å². The van der Waals surface area contributed by atoms with Crippen molar-refractivity contribution in [2.45, 2.75) is 6.92 Å². The average Bonchev–Trinajstić information content (AvgIpc) is 3.53. The first-order valence-corrected chi connectivity index (χ1v) is 16.1. The second kappa shape index (κ2) is 12.4. The number of piperazine rings is 2. The fraction of sp³-hybridized carbons (Fsp3) is 0.312. The number of thiazole rings is 1. The van der Waals surface area contributed by atoms with Gasteiger partial charge in [-0.3, -0.25) is 19.5 Å². The van der Waals surface area contributed by atoms with Crippen molar-refractivity contribution < 1.29 is 14.5 Å². The molecule has 0 bridgehead atoms. The summed E-state index contributed by atoms with van der Waals surface area (Å²) in [5, 5.41) is 16.8. The van der Waals surface area contributed by atoms with Gasteiger partial charge in [0.15, 0.2) is 5.13 Å². The number of benzene rings is 2. The number of aromatic nitrogens is 3. The molecule has 0 aliphatic carbocycles. The van der Waals surface area contributed by atoms with Gasteiger partial charge >= 0.3 is 5.97 Å². The van der Waals surface area contributed by atoms with Gasteiger partial charge in [0.25, 0.3) is 5.69 Å². The van der Waals surface area contributed by atoms with Crippen LogP contribution in [0, 0.1) is 10.1 Å². The van der Waals surface area contributed by atoms with Crippen LogP contribution in [0.2, 0.25) is 0 Å². The normalized spacial score (nSPS) is 15.5. The number of nitro benzene ring substituents is 1. The number of nitro groups is 1. The molecule has 0 unspecified atom stereocenters. The van der Waals surface area contributed by atoms with Crippen molar-refractivity contribution in [3.05, 3.63) is 86.8 Å².